The van der Waals surface area contributed by atoms with Gasteiger partial charge in [0.2, 0.25) is 11.8 Å². The van der Waals surface area contributed by atoms with Crippen LogP contribution in [-0.4, -0.2) is 87.1 Å². The number of hydrogen-bond donors (Lipinski definition) is 4. The van der Waals surface area contributed by atoms with E-state index >= 15 is 0 Å². The predicted molar refractivity (Wildman–Crippen MR) is 234 cm³/mol. The smallest absolute Gasteiger partial charge is 0.222 e. The van der Waals surface area contributed by atoms with Gasteiger partial charge in [-0.1, -0.05) is 101 Å². The zero-order chi connectivity index (χ0) is 38.8. The third-order valence-corrected chi connectivity index (χ3v) is 10.8. The first-order valence-electron chi connectivity index (χ1n) is 23.4. The number of hydrogen-bond acceptors (Lipinski definition) is 6. The van der Waals surface area contributed by atoms with E-state index in [4.69, 9.17) is 11.5 Å². The maximum atomic E-state index is 13.2. The zero-order valence-corrected chi connectivity index (χ0v) is 35.5. The molecule has 0 fully saturated rings. The number of rotatable bonds is 14. The van der Waals surface area contributed by atoms with Crippen LogP contribution in [0.3, 0.4) is 0 Å². The minimum absolute atomic E-state index is 0.362. The van der Waals surface area contributed by atoms with Gasteiger partial charge >= 0.3 is 0 Å². The molecular weight excluding hydrogens is 669 g/mol. The summed E-state index contributed by atoms with van der Waals surface area (Å²) in [6.07, 6.45) is 43.9. The van der Waals surface area contributed by atoms with Crippen molar-refractivity contribution in [2.75, 3.05) is 65.4 Å². The van der Waals surface area contributed by atoms with Gasteiger partial charge in [-0.05, 0) is 142 Å². The Bertz CT molecular complexity index is 813. The quantitative estimate of drug-likeness (QED) is 0.104. The van der Waals surface area contributed by atoms with Crippen molar-refractivity contribution in [1.29, 1.82) is 0 Å². The molecule has 0 aromatic heterocycles. The number of amides is 2. The Morgan fingerprint density at radius 1 is 0.407 bits per heavy atom. The standard InChI is InChI=1S/C46H90N6O2/c47-35-29-37-49-39-31-43-51-41-27-23-19-15-11-7-8-12-16-20-24-28-42-52(44-32-40-50-38-30-36-48)46(54)34-26-22-18-14-10-6-4-2-1-3-5-9-13-17-21-25-33-45(51)53/h1-2,7-8,49-50H,3-6,9-44,47-48H2/b2-1+,8-7+. The van der Waals surface area contributed by atoms with Gasteiger partial charge in [0.05, 0.1) is 0 Å². The van der Waals surface area contributed by atoms with Crippen molar-refractivity contribution < 1.29 is 9.59 Å². The third kappa shape index (κ3) is 33.6. The molecule has 0 aromatic rings. The molecule has 0 atom stereocenters. The van der Waals surface area contributed by atoms with Gasteiger partial charge in [-0.3, -0.25) is 9.59 Å². The molecule has 8 nitrogen and oxygen atoms in total. The van der Waals surface area contributed by atoms with Crippen LogP contribution in [0.25, 0.3) is 0 Å². The molecule has 0 unspecified atom stereocenters. The monoisotopic (exact) mass is 759 g/mol. The maximum absolute atomic E-state index is 13.2. The molecule has 1 aliphatic heterocycles. The lowest BCUT2D eigenvalue weighted by Crippen LogP contribution is -2.34. The van der Waals surface area contributed by atoms with Crippen LogP contribution < -0.4 is 22.1 Å². The lowest BCUT2D eigenvalue weighted by atomic mass is 10.1. The second-order valence-corrected chi connectivity index (χ2v) is 15.9. The predicted octanol–water partition coefficient (Wildman–Crippen LogP) is 9.57. The van der Waals surface area contributed by atoms with Crippen LogP contribution >= 0.6 is 0 Å². The van der Waals surface area contributed by atoms with Crippen molar-refractivity contribution in [1.82, 2.24) is 20.4 Å². The summed E-state index contributed by atoms with van der Waals surface area (Å²) in [4.78, 5) is 30.7. The molecule has 1 heterocycles. The Kier molecular flexibility index (Phi) is 38.1. The fourth-order valence-corrected chi connectivity index (χ4v) is 7.33. The molecule has 0 aliphatic carbocycles. The lowest BCUT2D eigenvalue weighted by Gasteiger charge is -2.23. The second kappa shape index (κ2) is 40.9. The van der Waals surface area contributed by atoms with Gasteiger partial charge in [-0.2, -0.15) is 0 Å². The molecule has 0 saturated carbocycles. The summed E-state index contributed by atoms with van der Waals surface area (Å²) in [6.45, 7) is 8.85. The highest BCUT2D eigenvalue weighted by Crippen LogP contribution is 2.14. The van der Waals surface area contributed by atoms with Crippen LogP contribution in [0.2, 0.25) is 0 Å². The fraction of sp³-hybridized carbons (Fsp3) is 0.870. The Balaban J connectivity index is 2.52. The molecule has 316 valence electrons. The first-order valence-corrected chi connectivity index (χ1v) is 23.4. The number of nitrogens with two attached hydrogens (primary N) is 2. The van der Waals surface area contributed by atoms with Crippen LogP contribution in [0.5, 0.6) is 0 Å². The lowest BCUT2D eigenvalue weighted by molar-refractivity contribution is -0.132. The average Bonchev–Trinajstić information content (AvgIpc) is 3.17. The van der Waals surface area contributed by atoms with Crippen molar-refractivity contribution in [3.63, 3.8) is 0 Å². The van der Waals surface area contributed by atoms with E-state index in [1.807, 2.05) is 0 Å². The molecule has 0 bridgehead atoms. The Morgan fingerprint density at radius 2 is 0.704 bits per heavy atom. The summed E-state index contributed by atoms with van der Waals surface area (Å²) in [7, 11) is 0. The topological polar surface area (TPSA) is 117 Å². The highest BCUT2D eigenvalue weighted by atomic mass is 16.2. The van der Waals surface area contributed by atoms with Crippen LogP contribution in [0, 0.1) is 0 Å². The maximum Gasteiger partial charge on any atom is 0.222 e. The van der Waals surface area contributed by atoms with Gasteiger partial charge < -0.3 is 31.9 Å². The molecular formula is C46H90N6O2. The molecule has 2 amide bonds. The van der Waals surface area contributed by atoms with Crippen molar-refractivity contribution >= 4 is 11.8 Å². The van der Waals surface area contributed by atoms with Crippen molar-refractivity contribution in [2.45, 2.75) is 193 Å². The number of carbonyl (C=O) groups excluding carboxylic acids is 2. The van der Waals surface area contributed by atoms with Gasteiger partial charge in [0, 0.05) is 39.0 Å². The minimum atomic E-state index is 0.362. The summed E-state index contributed by atoms with van der Waals surface area (Å²) < 4.78 is 0. The zero-order valence-electron chi connectivity index (χ0n) is 35.5. The Morgan fingerprint density at radius 3 is 1.06 bits per heavy atom. The largest absolute Gasteiger partial charge is 0.343 e. The molecule has 54 heavy (non-hydrogen) atoms. The molecule has 0 aromatic carbocycles. The van der Waals surface area contributed by atoms with Gasteiger partial charge in [-0.25, -0.2) is 0 Å². The molecule has 6 N–H and O–H groups in total. The second-order valence-electron chi connectivity index (χ2n) is 15.9. The summed E-state index contributed by atoms with van der Waals surface area (Å²) in [5, 5.41) is 6.95. The molecule has 8 heteroatoms. The van der Waals surface area contributed by atoms with E-state index < -0.39 is 0 Å². The van der Waals surface area contributed by atoms with Crippen molar-refractivity contribution in [3.05, 3.63) is 24.3 Å². The Labute approximate surface area is 334 Å². The number of carbonyl (C=O) groups is 2. The molecule has 0 spiro atoms. The first kappa shape index (κ1) is 50.3. The van der Waals surface area contributed by atoms with E-state index in [1.54, 1.807) is 0 Å². The van der Waals surface area contributed by atoms with E-state index in [0.717, 1.165) is 130 Å². The molecule has 1 aliphatic rings. The van der Waals surface area contributed by atoms with E-state index in [1.165, 1.54) is 116 Å². The summed E-state index contributed by atoms with van der Waals surface area (Å²) in [5.74, 6) is 0.725. The summed E-state index contributed by atoms with van der Waals surface area (Å²) in [5.41, 5.74) is 11.3. The van der Waals surface area contributed by atoms with Crippen molar-refractivity contribution in [2.24, 2.45) is 11.5 Å². The number of nitrogens with one attached hydrogen (secondary N) is 2. The Hall–Kier alpha value is -1.74. The van der Waals surface area contributed by atoms with Crippen LogP contribution in [0.1, 0.15) is 193 Å². The fourth-order valence-electron chi connectivity index (χ4n) is 7.33. The highest BCUT2D eigenvalue weighted by Gasteiger charge is 2.14. The van der Waals surface area contributed by atoms with E-state index in [2.05, 4.69) is 44.7 Å². The van der Waals surface area contributed by atoms with E-state index in [0.29, 0.717) is 24.7 Å². The molecule has 1 rings (SSSR count). The van der Waals surface area contributed by atoms with Gasteiger partial charge in [-0.15, -0.1) is 0 Å². The van der Waals surface area contributed by atoms with E-state index in [9.17, 15) is 9.59 Å². The molecule has 0 radical (unpaired) electrons. The average molecular weight is 759 g/mol. The number of allylic oxidation sites excluding steroid dienone is 4. The van der Waals surface area contributed by atoms with Crippen molar-refractivity contribution in [3.8, 4) is 0 Å². The van der Waals surface area contributed by atoms with Crippen LogP contribution in [0.15, 0.2) is 24.3 Å². The summed E-state index contributed by atoms with van der Waals surface area (Å²) >= 11 is 0. The first-order chi connectivity index (χ1) is 26.7. The van der Waals surface area contributed by atoms with Gasteiger partial charge in [0.1, 0.15) is 0 Å². The van der Waals surface area contributed by atoms with Crippen LogP contribution in [0.4, 0.5) is 0 Å². The molecule has 0 saturated heterocycles. The van der Waals surface area contributed by atoms with Gasteiger partial charge in [0.15, 0.2) is 0 Å². The summed E-state index contributed by atoms with van der Waals surface area (Å²) in [6, 6.07) is 0. The highest BCUT2D eigenvalue weighted by molar-refractivity contribution is 5.76. The van der Waals surface area contributed by atoms with Gasteiger partial charge in [0.25, 0.3) is 0 Å². The van der Waals surface area contributed by atoms with Crippen LogP contribution in [-0.2, 0) is 9.59 Å². The van der Waals surface area contributed by atoms with E-state index in [-0.39, 0.29) is 0 Å². The SMILES string of the molecule is NCCCNCCCN1CCCCCC/C=C/CCCCCCN(CCCNCCCN)C(=O)CCCCCCCC/C=C/CCCCCCCCC1=O. The normalized spacial score (nSPS) is 20.8. The minimum Gasteiger partial charge on any atom is -0.343 e. The third-order valence-electron chi connectivity index (χ3n) is 10.8. The number of nitrogens with zero attached hydrogens (tertiary/aromatic N) is 2.